The molecule has 2 amide bonds. The fourth-order valence-corrected chi connectivity index (χ4v) is 1.37. The molecule has 0 unspecified atom stereocenters. The van der Waals surface area contributed by atoms with E-state index in [0.29, 0.717) is 0 Å². The first-order valence-electron chi connectivity index (χ1n) is 6.30. The normalized spacial score (nSPS) is 10.6. The third-order valence-corrected chi connectivity index (χ3v) is 2.59. The Labute approximate surface area is 122 Å². The highest BCUT2D eigenvalue weighted by Gasteiger charge is 2.28. The van der Waals surface area contributed by atoms with Gasteiger partial charge in [0, 0.05) is 0 Å². The SMILES string of the molecule is CC(C)(NC(=O)CNC(=O)OCc1ccccc1)C(=O)O. The maximum atomic E-state index is 11.5. The Morgan fingerprint density at radius 2 is 1.81 bits per heavy atom. The summed E-state index contributed by atoms with van der Waals surface area (Å²) in [6, 6.07) is 9.08. The lowest BCUT2D eigenvalue weighted by molar-refractivity contribution is -0.145. The number of alkyl carbamates (subject to hydrolysis) is 1. The summed E-state index contributed by atoms with van der Waals surface area (Å²) in [7, 11) is 0. The molecule has 7 nitrogen and oxygen atoms in total. The molecule has 0 spiro atoms. The van der Waals surface area contributed by atoms with Gasteiger partial charge < -0.3 is 20.5 Å². The van der Waals surface area contributed by atoms with Gasteiger partial charge in [0.05, 0.1) is 0 Å². The van der Waals surface area contributed by atoms with Crippen LogP contribution in [-0.2, 0) is 20.9 Å². The van der Waals surface area contributed by atoms with Gasteiger partial charge in [-0.25, -0.2) is 9.59 Å². The van der Waals surface area contributed by atoms with Gasteiger partial charge in [0.25, 0.3) is 0 Å². The van der Waals surface area contributed by atoms with Crippen molar-refractivity contribution in [1.82, 2.24) is 10.6 Å². The highest BCUT2D eigenvalue weighted by molar-refractivity contribution is 5.88. The molecule has 0 bridgehead atoms. The van der Waals surface area contributed by atoms with Crippen LogP contribution in [0, 0.1) is 0 Å². The minimum atomic E-state index is -1.40. The van der Waals surface area contributed by atoms with Gasteiger partial charge in [-0.1, -0.05) is 30.3 Å². The maximum Gasteiger partial charge on any atom is 0.407 e. The highest BCUT2D eigenvalue weighted by Crippen LogP contribution is 2.01. The van der Waals surface area contributed by atoms with Gasteiger partial charge in [-0.3, -0.25) is 4.79 Å². The third kappa shape index (κ3) is 5.94. The quantitative estimate of drug-likeness (QED) is 0.722. The van der Waals surface area contributed by atoms with E-state index in [2.05, 4.69) is 10.6 Å². The molecule has 0 fully saturated rings. The standard InChI is InChI=1S/C14H18N2O5/c1-14(2,12(18)19)16-11(17)8-15-13(20)21-9-10-6-4-3-5-7-10/h3-7H,8-9H2,1-2H3,(H,15,20)(H,16,17)(H,18,19). The summed E-state index contributed by atoms with van der Waals surface area (Å²) in [5.74, 6) is -1.78. The van der Waals surface area contributed by atoms with E-state index in [9.17, 15) is 14.4 Å². The van der Waals surface area contributed by atoms with Crippen molar-refractivity contribution in [3.63, 3.8) is 0 Å². The molecular weight excluding hydrogens is 276 g/mol. The summed E-state index contributed by atoms with van der Waals surface area (Å²) in [4.78, 5) is 33.7. The largest absolute Gasteiger partial charge is 0.480 e. The molecule has 1 rings (SSSR count). The van der Waals surface area contributed by atoms with Gasteiger partial charge in [0.15, 0.2) is 0 Å². The molecule has 0 saturated heterocycles. The van der Waals surface area contributed by atoms with Gasteiger partial charge in [0.2, 0.25) is 5.91 Å². The molecule has 7 heteroatoms. The Bertz CT molecular complexity index is 513. The Kier molecular flexibility index (Phi) is 5.71. The summed E-state index contributed by atoms with van der Waals surface area (Å²) in [6.07, 6.45) is -0.748. The van der Waals surface area contributed by atoms with Crippen molar-refractivity contribution in [1.29, 1.82) is 0 Å². The summed E-state index contributed by atoms with van der Waals surface area (Å²) in [5.41, 5.74) is -0.573. The number of nitrogens with one attached hydrogen (secondary N) is 2. The van der Waals surface area contributed by atoms with Gasteiger partial charge in [-0.05, 0) is 19.4 Å². The van der Waals surface area contributed by atoms with E-state index in [1.165, 1.54) is 13.8 Å². The number of rotatable bonds is 6. The predicted molar refractivity (Wildman–Crippen MR) is 74.5 cm³/mol. The zero-order valence-electron chi connectivity index (χ0n) is 11.9. The van der Waals surface area contributed by atoms with E-state index in [-0.39, 0.29) is 13.2 Å². The molecule has 0 radical (unpaired) electrons. The molecule has 0 heterocycles. The third-order valence-electron chi connectivity index (χ3n) is 2.59. The number of hydrogen-bond donors (Lipinski definition) is 3. The van der Waals surface area contributed by atoms with E-state index in [0.717, 1.165) is 5.56 Å². The van der Waals surface area contributed by atoms with Gasteiger partial charge in [0.1, 0.15) is 18.7 Å². The smallest absolute Gasteiger partial charge is 0.407 e. The molecule has 3 N–H and O–H groups in total. The average molecular weight is 294 g/mol. The van der Waals surface area contributed by atoms with E-state index in [1.807, 2.05) is 18.2 Å². The first-order valence-corrected chi connectivity index (χ1v) is 6.30. The average Bonchev–Trinajstić information content (AvgIpc) is 2.43. The first-order chi connectivity index (χ1) is 9.81. The molecule has 1 aromatic carbocycles. The minimum Gasteiger partial charge on any atom is -0.480 e. The fourth-order valence-electron chi connectivity index (χ4n) is 1.37. The van der Waals surface area contributed by atoms with Crippen molar-refractivity contribution in [2.45, 2.75) is 26.0 Å². The number of benzene rings is 1. The molecule has 0 aliphatic rings. The van der Waals surface area contributed by atoms with E-state index in [1.54, 1.807) is 12.1 Å². The summed E-state index contributed by atoms with van der Waals surface area (Å²) < 4.78 is 4.91. The number of hydrogen-bond acceptors (Lipinski definition) is 4. The number of amides is 2. The van der Waals surface area contributed by atoms with Crippen LogP contribution in [0.4, 0.5) is 4.79 Å². The molecule has 0 saturated carbocycles. The minimum absolute atomic E-state index is 0.0922. The molecule has 0 atom stereocenters. The molecule has 114 valence electrons. The van der Waals surface area contributed by atoms with Gasteiger partial charge >= 0.3 is 12.1 Å². The number of carbonyl (C=O) groups is 3. The van der Waals surface area contributed by atoms with Crippen molar-refractivity contribution >= 4 is 18.0 Å². The molecule has 0 aromatic heterocycles. The topological polar surface area (TPSA) is 105 Å². The fraction of sp³-hybridized carbons (Fsp3) is 0.357. The van der Waals surface area contributed by atoms with Crippen LogP contribution in [0.2, 0.25) is 0 Å². The Balaban J connectivity index is 2.30. The van der Waals surface area contributed by atoms with Crippen molar-refractivity contribution in [2.24, 2.45) is 0 Å². The molecule has 0 aliphatic carbocycles. The Hall–Kier alpha value is -2.57. The summed E-state index contributed by atoms with van der Waals surface area (Å²) in [6.45, 7) is 2.43. The maximum absolute atomic E-state index is 11.5. The number of aliphatic carboxylic acids is 1. The lowest BCUT2D eigenvalue weighted by Gasteiger charge is -2.20. The molecule has 21 heavy (non-hydrogen) atoms. The van der Waals surface area contributed by atoms with Crippen molar-refractivity contribution in [3.8, 4) is 0 Å². The van der Waals surface area contributed by atoms with Crippen LogP contribution in [0.1, 0.15) is 19.4 Å². The number of ether oxygens (including phenoxy) is 1. The lowest BCUT2D eigenvalue weighted by atomic mass is 10.1. The first kappa shape index (κ1) is 16.5. The summed E-state index contributed by atoms with van der Waals surface area (Å²) >= 11 is 0. The van der Waals surface area contributed by atoms with Crippen LogP contribution in [0.5, 0.6) is 0 Å². The van der Waals surface area contributed by atoms with E-state index in [4.69, 9.17) is 9.84 Å². The van der Waals surface area contributed by atoms with Crippen LogP contribution in [0.25, 0.3) is 0 Å². The number of carbonyl (C=O) groups excluding carboxylic acids is 2. The lowest BCUT2D eigenvalue weighted by Crippen LogP contribution is -2.52. The number of carboxylic acid groups (broad SMARTS) is 1. The van der Waals surface area contributed by atoms with Crippen molar-refractivity contribution in [2.75, 3.05) is 6.54 Å². The van der Waals surface area contributed by atoms with Crippen LogP contribution >= 0.6 is 0 Å². The Morgan fingerprint density at radius 1 is 1.19 bits per heavy atom. The summed E-state index contributed by atoms with van der Waals surface area (Å²) in [5, 5.41) is 13.4. The monoisotopic (exact) mass is 294 g/mol. The van der Waals surface area contributed by atoms with Crippen LogP contribution in [0.15, 0.2) is 30.3 Å². The van der Waals surface area contributed by atoms with Crippen LogP contribution < -0.4 is 10.6 Å². The second kappa shape index (κ2) is 7.28. The second-order valence-electron chi connectivity index (χ2n) is 4.89. The van der Waals surface area contributed by atoms with Crippen molar-refractivity contribution in [3.05, 3.63) is 35.9 Å². The zero-order chi connectivity index (χ0) is 15.9. The van der Waals surface area contributed by atoms with Gasteiger partial charge in [-0.15, -0.1) is 0 Å². The van der Waals surface area contributed by atoms with Crippen molar-refractivity contribution < 1.29 is 24.2 Å². The van der Waals surface area contributed by atoms with Crippen LogP contribution in [0.3, 0.4) is 0 Å². The zero-order valence-corrected chi connectivity index (χ0v) is 11.9. The Morgan fingerprint density at radius 3 is 2.38 bits per heavy atom. The predicted octanol–water partition coefficient (Wildman–Crippen LogP) is 0.892. The molecular formula is C14H18N2O5. The van der Waals surface area contributed by atoms with E-state index < -0.39 is 23.5 Å². The molecule has 0 aliphatic heterocycles. The van der Waals surface area contributed by atoms with E-state index >= 15 is 0 Å². The highest BCUT2D eigenvalue weighted by atomic mass is 16.5. The molecule has 1 aromatic rings. The second-order valence-corrected chi connectivity index (χ2v) is 4.89. The number of carboxylic acids is 1. The van der Waals surface area contributed by atoms with Gasteiger partial charge in [-0.2, -0.15) is 0 Å². The van der Waals surface area contributed by atoms with Crippen LogP contribution in [-0.4, -0.2) is 35.2 Å².